The van der Waals surface area contributed by atoms with Crippen molar-refractivity contribution in [2.45, 2.75) is 18.9 Å². The van der Waals surface area contributed by atoms with Gasteiger partial charge in [0, 0.05) is 30.8 Å². The quantitative estimate of drug-likeness (QED) is 0.598. The number of non-ortho nitro benzene ring substituents is 1. The molecule has 0 bridgehead atoms. The fraction of sp³-hybridized carbons (Fsp3) is 0.316. The number of nitro groups is 1. The van der Waals surface area contributed by atoms with Gasteiger partial charge in [0.05, 0.1) is 17.6 Å². The lowest BCUT2D eigenvalue weighted by Crippen LogP contribution is -2.42. The summed E-state index contributed by atoms with van der Waals surface area (Å²) in [6.45, 7) is 1.70. The number of benzene rings is 2. The first-order valence-corrected chi connectivity index (χ1v) is 8.32. The summed E-state index contributed by atoms with van der Waals surface area (Å²) in [5.41, 5.74) is 1.42. The minimum atomic E-state index is -0.482. The van der Waals surface area contributed by atoms with Gasteiger partial charge in [0.2, 0.25) is 0 Å². The lowest BCUT2D eigenvalue weighted by Gasteiger charge is -2.28. The van der Waals surface area contributed by atoms with Crippen molar-refractivity contribution in [1.29, 1.82) is 0 Å². The van der Waals surface area contributed by atoms with Crippen molar-refractivity contribution in [3.8, 4) is 0 Å². The largest absolute Gasteiger partial charge is 0.379 e. The molecule has 1 heterocycles. The van der Waals surface area contributed by atoms with Gasteiger partial charge < -0.3 is 9.64 Å². The average molecular weight is 340 g/mol. The van der Waals surface area contributed by atoms with E-state index in [1.165, 1.54) is 12.1 Å². The van der Waals surface area contributed by atoms with Crippen LogP contribution in [0.3, 0.4) is 0 Å². The minimum absolute atomic E-state index is 0.00970. The van der Waals surface area contributed by atoms with Crippen molar-refractivity contribution in [2.24, 2.45) is 0 Å². The molecule has 1 aliphatic heterocycles. The average Bonchev–Trinajstić information content (AvgIpc) is 3.17. The number of hydrogen-bond acceptors (Lipinski definition) is 4. The molecule has 0 spiro atoms. The Morgan fingerprint density at radius 1 is 1.20 bits per heavy atom. The van der Waals surface area contributed by atoms with Gasteiger partial charge in [-0.1, -0.05) is 36.4 Å². The van der Waals surface area contributed by atoms with Crippen molar-refractivity contribution < 1.29 is 14.5 Å². The van der Waals surface area contributed by atoms with E-state index in [4.69, 9.17) is 4.74 Å². The van der Waals surface area contributed by atoms with Crippen LogP contribution in [0.1, 0.15) is 22.3 Å². The van der Waals surface area contributed by atoms with Crippen LogP contribution >= 0.6 is 0 Å². The molecular weight excluding hydrogens is 320 g/mol. The van der Waals surface area contributed by atoms with Gasteiger partial charge in [-0.15, -0.1) is 0 Å². The second-order valence-electron chi connectivity index (χ2n) is 6.06. The van der Waals surface area contributed by atoms with Crippen molar-refractivity contribution >= 4 is 11.6 Å². The number of hydrogen-bond donors (Lipinski definition) is 0. The smallest absolute Gasteiger partial charge is 0.270 e. The number of nitro benzene ring substituents is 1. The van der Waals surface area contributed by atoms with E-state index in [2.05, 4.69) is 0 Å². The number of ether oxygens (including phenoxy) is 1. The third kappa shape index (κ3) is 4.22. The molecule has 6 heteroatoms. The van der Waals surface area contributed by atoms with Crippen LogP contribution in [0, 0.1) is 10.1 Å². The molecule has 1 atom stereocenters. The number of rotatable bonds is 6. The maximum atomic E-state index is 13.0. The highest BCUT2D eigenvalue weighted by molar-refractivity contribution is 5.95. The van der Waals surface area contributed by atoms with Gasteiger partial charge in [0.1, 0.15) is 0 Å². The van der Waals surface area contributed by atoms with E-state index in [1.54, 1.807) is 17.0 Å². The Morgan fingerprint density at radius 3 is 2.68 bits per heavy atom. The zero-order chi connectivity index (χ0) is 17.6. The van der Waals surface area contributed by atoms with Crippen LogP contribution in [0.4, 0.5) is 5.69 Å². The maximum absolute atomic E-state index is 13.0. The van der Waals surface area contributed by atoms with Crippen LogP contribution in [-0.4, -0.2) is 41.5 Å². The summed E-state index contributed by atoms with van der Waals surface area (Å²) in [5, 5.41) is 11.0. The molecular formula is C19H20N2O4. The second-order valence-corrected chi connectivity index (χ2v) is 6.06. The zero-order valence-corrected chi connectivity index (χ0v) is 13.8. The third-order valence-electron chi connectivity index (χ3n) is 4.40. The first-order valence-electron chi connectivity index (χ1n) is 8.32. The van der Waals surface area contributed by atoms with Crippen molar-refractivity contribution in [2.75, 3.05) is 19.8 Å². The number of carbonyl (C=O) groups is 1. The van der Waals surface area contributed by atoms with Crippen LogP contribution in [-0.2, 0) is 11.2 Å². The molecule has 6 nitrogen and oxygen atoms in total. The van der Waals surface area contributed by atoms with Gasteiger partial charge >= 0.3 is 0 Å². The molecule has 25 heavy (non-hydrogen) atoms. The molecule has 0 aliphatic carbocycles. The van der Waals surface area contributed by atoms with Crippen molar-refractivity contribution in [3.05, 3.63) is 75.8 Å². The lowest BCUT2D eigenvalue weighted by atomic mass is 10.1. The summed E-state index contributed by atoms with van der Waals surface area (Å²) < 4.78 is 5.44. The number of amides is 1. The highest BCUT2D eigenvalue weighted by Gasteiger charge is 2.28. The van der Waals surface area contributed by atoms with E-state index in [0.717, 1.165) is 18.4 Å². The summed E-state index contributed by atoms with van der Waals surface area (Å²) in [4.78, 5) is 25.3. The Labute approximate surface area is 146 Å². The van der Waals surface area contributed by atoms with E-state index in [9.17, 15) is 14.9 Å². The normalized spacial score (nSPS) is 16.6. The standard InChI is InChI=1S/C19H20N2O4/c22-19(16-7-4-8-17(13-16)21(23)24)20(18-10-12-25-14-18)11-9-15-5-2-1-3-6-15/h1-8,13,18H,9-12,14H2/t18-/m0/s1. The van der Waals surface area contributed by atoms with E-state index < -0.39 is 4.92 Å². The molecule has 2 aromatic rings. The highest BCUT2D eigenvalue weighted by atomic mass is 16.6. The molecule has 3 rings (SSSR count). The summed E-state index contributed by atoms with van der Waals surface area (Å²) in [5.74, 6) is -0.185. The maximum Gasteiger partial charge on any atom is 0.270 e. The molecule has 2 aromatic carbocycles. The molecule has 0 unspecified atom stereocenters. The van der Waals surface area contributed by atoms with Crippen LogP contribution in [0.5, 0.6) is 0 Å². The predicted octanol–water partition coefficient (Wildman–Crippen LogP) is 3.07. The molecule has 1 amide bonds. The van der Waals surface area contributed by atoms with Gasteiger partial charge in [0.25, 0.3) is 11.6 Å². The van der Waals surface area contributed by atoms with E-state index >= 15 is 0 Å². The van der Waals surface area contributed by atoms with E-state index in [1.807, 2.05) is 30.3 Å². The topological polar surface area (TPSA) is 72.7 Å². The Kier molecular flexibility index (Phi) is 5.40. The highest BCUT2D eigenvalue weighted by Crippen LogP contribution is 2.20. The number of nitrogens with zero attached hydrogens (tertiary/aromatic N) is 2. The van der Waals surface area contributed by atoms with Gasteiger partial charge in [-0.05, 0) is 24.5 Å². The first-order chi connectivity index (χ1) is 12.1. The number of carbonyl (C=O) groups excluding carboxylic acids is 1. The zero-order valence-electron chi connectivity index (χ0n) is 13.8. The predicted molar refractivity (Wildman–Crippen MR) is 93.5 cm³/mol. The SMILES string of the molecule is O=C(c1cccc([N+](=O)[O-])c1)N(CCc1ccccc1)[C@H]1CCOC1. The summed E-state index contributed by atoms with van der Waals surface area (Å²) >= 11 is 0. The monoisotopic (exact) mass is 340 g/mol. The van der Waals surface area contributed by atoms with Gasteiger partial charge in [-0.25, -0.2) is 0 Å². The molecule has 0 saturated carbocycles. The Hall–Kier alpha value is -2.73. The van der Waals surface area contributed by atoms with Crippen LogP contribution in [0.25, 0.3) is 0 Å². The molecule has 1 saturated heterocycles. The van der Waals surface area contributed by atoms with E-state index in [0.29, 0.717) is 25.3 Å². The van der Waals surface area contributed by atoms with Crippen molar-refractivity contribution in [3.63, 3.8) is 0 Å². The molecule has 0 aromatic heterocycles. The van der Waals surface area contributed by atoms with Gasteiger partial charge in [0.15, 0.2) is 0 Å². The molecule has 1 aliphatic rings. The Morgan fingerprint density at radius 2 is 2.00 bits per heavy atom. The summed E-state index contributed by atoms with van der Waals surface area (Å²) in [6.07, 6.45) is 1.52. The van der Waals surface area contributed by atoms with Crippen molar-refractivity contribution in [1.82, 2.24) is 4.90 Å². The van der Waals surface area contributed by atoms with Crippen LogP contribution < -0.4 is 0 Å². The third-order valence-corrected chi connectivity index (χ3v) is 4.40. The Balaban J connectivity index is 1.79. The molecule has 1 fully saturated rings. The van der Waals surface area contributed by atoms with E-state index in [-0.39, 0.29) is 17.6 Å². The summed E-state index contributed by atoms with van der Waals surface area (Å²) in [7, 11) is 0. The van der Waals surface area contributed by atoms with Gasteiger partial charge in [-0.2, -0.15) is 0 Å². The Bertz CT molecular complexity index is 742. The molecule has 0 radical (unpaired) electrons. The summed E-state index contributed by atoms with van der Waals surface area (Å²) in [6, 6.07) is 15.9. The second kappa shape index (κ2) is 7.90. The first kappa shape index (κ1) is 17.1. The van der Waals surface area contributed by atoms with Crippen LogP contribution in [0.15, 0.2) is 54.6 Å². The molecule has 130 valence electrons. The molecule has 0 N–H and O–H groups in total. The fourth-order valence-corrected chi connectivity index (χ4v) is 3.03. The van der Waals surface area contributed by atoms with Crippen LogP contribution in [0.2, 0.25) is 0 Å². The lowest BCUT2D eigenvalue weighted by molar-refractivity contribution is -0.384. The minimum Gasteiger partial charge on any atom is -0.379 e. The van der Waals surface area contributed by atoms with Gasteiger partial charge in [-0.3, -0.25) is 14.9 Å². The fourth-order valence-electron chi connectivity index (χ4n) is 3.03.